The molecule has 0 radical (unpaired) electrons. The van der Waals surface area contributed by atoms with Crippen molar-refractivity contribution in [3.63, 3.8) is 0 Å². The minimum Gasteiger partial charge on any atom is -0.492 e. The van der Waals surface area contributed by atoms with Crippen LogP contribution in [0.25, 0.3) is 0 Å². The predicted molar refractivity (Wildman–Crippen MR) is 285 cm³/mol. The number of nitrogens with one attached hydrogen (secondary N) is 3. The van der Waals surface area contributed by atoms with E-state index in [9.17, 15) is 48.9 Å². The second kappa shape index (κ2) is 20.9. The second-order valence-electron chi connectivity index (χ2n) is 22.5. The number of piperazine rings is 2. The first-order valence-corrected chi connectivity index (χ1v) is 27.1. The van der Waals surface area contributed by atoms with Crippen molar-refractivity contribution < 1.29 is 66.9 Å². The highest BCUT2D eigenvalue weighted by Gasteiger charge is 2.64. The highest BCUT2D eigenvalue weighted by Crippen LogP contribution is 2.51. The Kier molecular flexibility index (Phi) is 14.6. The maximum Gasteiger partial charge on any atom is 0.236 e. The first-order valence-electron chi connectivity index (χ1n) is 27.1. The minimum atomic E-state index is -1.31. The van der Waals surface area contributed by atoms with Crippen molar-refractivity contribution in [2.24, 2.45) is 5.73 Å². The predicted octanol–water partition coefficient (Wildman–Crippen LogP) is -1.16. The number of hydrogen-bond acceptors (Lipinski definition) is 22. The Labute approximate surface area is 472 Å². The molecule has 0 aromatic carbocycles. The zero-order chi connectivity index (χ0) is 59.7. The topological polar surface area (TPSA) is 330 Å². The van der Waals surface area contributed by atoms with Crippen molar-refractivity contribution >= 4 is 58.1 Å². The summed E-state index contributed by atoms with van der Waals surface area (Å²) >= 11 is 0. The number of hydrogen-bond donors (Lipinski definition) is 4. The average molecular weight is 1130 g/mol. The van der Waals surface area contributed by atoms with Crippen LogP contribution < -0.4 is 21.7 Å². The molecule has 10 aliphatic rings. The first-order chi connectivity index (χ1) is 38.9. The standard InChI is InChI=1S/C58H64N10O14/c1-20-45(69)26-14-30-42-38-28(47(71)22(3)55(81-11)51(38)75)13-29(65(42)7)32(16-59)67(30)34(36(26)49(73)53(20)79-9)19-63-58(78)25(6)64-41-39-40(52(76)56(82-12)23(4)48(39)72)43-31-15-27-37(50(74)54(80-10)21(2)46(27)70)35(18-62-57(77)24(5)61)68(31)33(17-60)44(41)66(43)8/h24-25,29-35,41-44,64H,13-15,18-19,61H2,1-12H3,(H,62,77)(H,63,78)/t24-,25-,29-,30-,31-,32-,33-,34-,35-,41-,42-,43-,44+/m0/s1. The summed E-state index contributed by atoms with van der Waals surface area (Å²) in [6.07, 6.45) is -0.296. The van der Waals surface area contributed by atoms with Gasteiger partial charge in [-0.3, -0.25) is 72.9 Å². The Morgan fingerprint density at radius 2 is 0.915 bits per heavy atom. The molecule has 13 atom stereocenters. The molecule has 0 aromatic rings. The number of ether oxygens (including phenoxy) is 4. The lowest BCUT2D eigenvalue weighted by molar-refractivity contribution is -0.128. The molecule has 24 heteroatoms. The quantitative estimate of drug-likeness (QED) is 0.168. The van der Waals surface area contributed by atoms with Gasteiger partial charge in [-0.2, -0.15) is 10.5 Å². The summed E-state index contributed by atoms with van der Waals surface area (Å²) in [6.45, 7) is 8.09. The number of fused-ring (bicyclic) bond motifs is 10. The molecule has 0 aromatic heterocycles. The molecule has 6 heterocycles. The number of carbonyl (C=O) groups excluding carboxylic acids is 10. The fourth-order valence-corrected chi connectivity index (χ4v) is 15.0. The molecule has 6 aliphatic heterocycles. The number of nitriles is 2. The lowest BCUT2D eigenvalue weighted by atomic mass is 9.66. The molecule has 0 saturated carbocycles. The Hall–Kier alpha value is -7.84. The van der Waals surface area contributed by atoms with Gasteiger partial charge >= 0.3 is 0 Å². The van der Waals surface area contributed by atoms with E-state index in [0.29, 0.717) is 0 Å². The molecule has 24 nitrogen and oxygen atoms in total. The summed E-state index contributed by atoms with van der Waals surface area (Å²) in [6, 6.07) is -9.12. The molecule has 0 spiro atoms. The molecule has 2 saturated heterocycles. The van der Waals surface area contributed by atoms with Crippen LogP contribution in [-0.4, -0.2) is 212 Å². The molecular weight excluding hydrogens is 1060 g/mol. The number of methoxy groups -OCH3 is 4. The lowest BCUT2D eigenvalue weighted by Crippen LogP contribution is -2.79. The minimum absolute atomic E-state index is 0.0104. The third-order valence-corrected chi connectivity index (χ3v) is 18.7. The van der Waals surface area contributed by atoms with Gasteiger partial charge in [0.05, 0.1) is 88.9 Å². The van der Waals surface area contributed by atoms with Gasteiger partial charge in [-0.25, -0.2) is 0 Å². The van der Waals surface area contributed by atoms with Crippen LogP contribution in [0.1, 0.15) is 60.8 Å². The van der Waals surface area contributed by atoms with Crippen LogP contribution in [0.5, 0.6) is 0 Å². The van der Waals surface area contributed by atoms with Gasteiger partial charge in [0.2, 0.25) is 34.9 Å². The molecule has 0 unspecified atom stereocenters. The highest BCUT2D eigenvalue weighted by molar-refractivity contribution is 6.28. The van der Waals surface area contributed by atoms with E-state index in [2.05, 4.69) is 28.1 Å². The average Bonchev–Trinajstić information content (AvgIpc) is 1.13. The monoisotopic (exact) mass is 1120 g/mol. The van der Waals surface area contributed by atoms with E-state index in [1.807, 2.05) is 4.90 Å². The smallest absolute Gasteiger partial charge is 0.236 e. The molecule has 4 bridgehead atoms. The first kappa shape index (κ1) is 57.4. The van der Waals surface area contributed by atoms with E-state index < -0.39 is 143 Å². The maximum atomic E-state index is 15.0. The van der Waals surface area contributed by atoms with E-state index in [1.165, 1.54) is 70.0 Å². The van der Waals surface area contributed by atoms with Crippen molar-refractivity contribution in [2.45, 2.75) is 139 Å². The Morgan fingerprint density at radius 1 is 0.537 bits per heavy atom. The van der Waals surface area contributed by atoms with Gasteiger partial charge in [0.25, 0.3) is 0 Å². The fraction of sp³-hybridized carbons (Fsp3) is 0.517. The Bertz CT molecular complexity index is 3450. The largest absolute Gasteiger partial charge is 0.492 e. The molecule has 5 N–H and O–H groups in total. The van der Waals surface area contributed by atoms with Gasteiger partial charge in [0.15, 0.2) is 46.2 Å². The summed E-state index contributed by atoms with van der Waals surface area (Å²) in [7, 11) is 8.45. The SMILES string of the molecule is COC1=C(C)C(=O)C2=C(C1=O)[C@@H]1[C@@H]3CC4=C(C(=O)C(OC)=C(C)C4=O)[C@H](CNC(=O)[C@H](C)N)N3[C@@H](C#N)[C@H]([C@H]2N[C@@H](C)C(=O)NC[C@H]2C3=C(C[C@H]4[C@H]5C6=C(C[C@@H]([C@H](C#N)N24)N5C)C(=O)C(C)=C(OC)C6=O)C(=O)C(C)=C(OC)C3=O)N1C. The van der Waals surface area contributed by atoms with E-state index in [-0.39, 0.29) is 116 Å². The second-order valence-corrected chi connectivity index (χ2v) is 22.5. The van der Waals surface area contributed by atoms with Crippen molar-refractivity contribution in [3.8, 4) is 12.1 Å². The summed E-state index contributed by atoms with van der Waals surface area (Å²) in [4.78, 5) is 152. The summed E-state index contributed by atoms with van der Waals surface area (Å²) in [5, 5.41) is 31.6. The zero-order valence-electron chi connectivity index (χ0n) is 47.5. The van der Waals surface area contributed by atoms with Crippen molar-refractivity contribution in [2.75, 3.05) is 55.6 Å². The van der Waals surface area contributed by atoms with Gasteiger partial charge < -0.3 is 35.3 Å². The van der Waals surface area contributed by atoms with Crippen LogP contribution in [0.2, 0.25) is 0 Å². The maximum absolute atomic E-state index is 15.0. The zero-order valence-corrected chi connectivity index (χ0v) is 47.5. The van der Waals surface area contributed by atoms with E-state index >= 15 is 9.59 Å². The van der Waals surface area contributed by atoms with Crippen molar-refractivity contribution in [1.29, 1.82) is 10.5 Å². The normalized spacial score (nSPS) is 32.2. The number of rotatable bonds is 12. The Morgan fingerprint density at radius 3 is 1.35 bits per heavy atom. The van der Waals surface area contributed by atoms with Crippen LogP contribution >= 0.6 is 0 Å². The van der Waals surface area contributed by atoms with Crippen LogP contribution in [0.4, 0.5) is 0 Å². The lowest BCUT2D eigenvalue weighted by Gasteiger charge is -2.62. The van der Waals surface area contributed by atoms with Crippen LogP contribution in [0.3, 0.4) is 0 Å². The van der Waals surface area contributed by atoms with Crippen molar-refractivity contribution in [1.82, 2.24) is 35.6 Å². The third kappa shape index (κ3) is 7.97. The number of nitrogens with zero attached hydrogens (tertiary/aromatic N) is 6. The van der Waals surface area contributed by atoms with Crippen LogP contribution in [0, 0.1) is 22.7 Å². The summed E-state index contributed by atoms with van der Waals surface area (Å²) in [5.41, 5.74) is 6.63. The van der Waals surface area contributed by atoms with Gasteiger partial charge in [-0.1, -0.05) is 0 Å². The molecule has 430 valence electrons. The van der Waals surface area contributed by atoms with Crippen LogP contribution in [-0.2, 0) is 66.9 Å². The summed E-state index contributed by atoms with van der Waals surface area (Å²) in [5.74, 6) is -6.60. The van der Waals surface area contributed by atoms with Crippen LogP contribution in [0.15, 0.2) is 89.9 Å². The van der Waals surface area contributed by atoms with Gasteiger partial charge in [0, 0.05) is 98.1 Å². The number of amides is 2. The number of ketones is 8. The number of carbonyl (C=O) groups is 10. The number of likely N-dealkylation sites (N-methyl/N-ethyl adjacent to an activating group) is 2. The van der Waals surface area contributed by atoms with E-state index in [4.69, 9.17) is 24.7 Å². The third-order valence-electron chi connectivity index (χ3n) is 18.7. The highest BCUT2D eigenvalue weighted by atomic mass is 16.5. The van der Waals surface area contributed by atoms with Gasteiger partial charge in [0.1, 0.15) is 12.1 Å². The Balaban J connectivity index is 1.04. The van der Waals surface area contributed by atoms with Gasteiger partial charge in [-0.15, -0.1) is 0 Å². The number of allylic oxidation sites excluding steroid dienone is 8. The molecule has 2 amide bonds. The van der Waals surface area contributed by atoms with E-state index in [1.54, 1.807) is 28.8 Å². The van der Waals surface area contributed by atoms with Gasteiger partial charge in [-0.05, 0) is 74.9 Å². The van der Waals surface area contributed by atoms with Crippen molar-refractivity contribution in [3.05, 3.63) is 89.9 Å². The molecule has 82 heavy (non-hydrogen) atoms. The summed E-state index contributed by atoms with van der Waals surface area (Å²) < 4.78 is 22.1. The molecular formula is C58H64N10O14. The molecule has 4 aliphatic carbocycles. The fourth-order valence-electron chi connectivity index (χ4n) is 15.0. The number of nitrogens with two attached hydrogens (primary N) is 1. The molecule has 2 fully saturated rings. The van der Waals surface area contributed by atoms with E-state index in [0.717, 1.165) is 0 Å². The number of Topliss-reactive ketones (excluding diaryl/α,β-unsaturated/α-hetero) is 8. The molecule has 10 rings (SSSR count).